The van der Waals surface area contributed by atoms with Gasteiger partial charge in [-0.25, -0.2) is 9.37 Å². The lowest BCUT2D eigenvalue weighted by Gasteiger charge is -2.33. The van der Waals surface area contributed by atoms with Crippen molar-refractivity contribution >= 4 is 11.3 Å². The second kappa shape index (κ2) is 8.78. The Labute approximate surface area is 163 Å². The van der Waals surface area contributed by atoms with Gasteiger partial charge in [0, 0.05) is 24.0 Å². The van der Waals surface area contributed by atoms with Gasteiger partial charge in [0.05, 0.1) is 18.0 Å². The molecule has 0 aliphatic carbocycles. The van der Waals surface area contributed by atoms with E-state index < -0.39 is 0 Å². The van der Waals surface area contributed by atoms with E-state index >= 15 is 0 Å². The van der Waals surface area contributed by atoms with Gasteiger partial charge in [-0.3, -0.25) is 4.90 Å². The molecule has 27 heavy (non-hydrogen) atoms. The molecule has 2 aromatic heterocycles. The van der Waals surface area contributed by atoms with Gasteiger partial charge in [0.25, 0.3) is 0 Å². The van der Waals surface area contributed by atoms with Crippen molar-refractivity contribution in [1.82, 2.24) is 15.2 Å². The van der Waals surface area contributed by atoms with Crippen LogP contribution in [0.3, 0.4) is 0 Å². The van der Waals surface area contributed by atoms with Gasteiger partial charge in [-0.05, 0) is 62.3 Å². The highest BCUT2D eigenvalue weighted by Gasteiger charge is 2.24. The molecule has 142 valence electrons. The first-order chi connectivity index (χ1) is 13.3. The smallest absolute Gasteiger partial charge is 0.123 e. The van der Waals surface area contributed by atoms with E-state index in [4.69, 9.17) is 4.42 Å². The summed E-state index contributed by atoms with van der Waals surface area (Å²) in [5, 5.41) is 6.53. The van der Waals surface area contributed by atoms with E-state index in [1.165, 1.54) is 31.4 Å². The Morgan fingerprint density at radius 1 is 1.15 bits per heavy atom. The first-order valence-corrected chi connectivity index (χ1v) is 10.4. The van der Waals surface area contributed by atoms with Gasteiger partial charge < -0.3 is 9.73 Å². The molecular weight excluding hydrogens is 361 g/mol. The zero-order chi connectivity index (χ0) is 18.5. The van der Waals surface area contributed by atoms with Crippen molar-refractivity contribution in [1.29, 1.82) is 0 Å². The standard InChI is InChI=1S/C21H24FN3OS/c22-17-8-6-16(7-9-17)21-24-18(15-27-21)13-23-14-19(20-5-4-12-26-20)25-10-2-1-3-11-25/h4-9,12,15,19,23H,1-3,10-11,13-14H2. The number of nitrogens with zero attached hydrogens (tertiary/aromatic N) is 2. The molecule has 6 heteroatoms. The number of nitrogens with one attached hydrogen (secondary N) is 1. The maximum Gasteiger partial charge on any atom is 0.123 e. The van der Waals surface area contributed by atoms with E-state index in [1.54, 1.807) is 29.7 Å². The molecule has 0 saturated carbocycles. The molecule has 1 N–H and O–H groups in total. The van der Waals surface area contributed by atoms with Crippen LogP contribution in [0, 0.1) is 5.82 Å². The predicted molar refractivity (Wildman–Crippen MR) is 106 cm³/mol. The molecule has 0 amide bonds. The van der Waals surface area contributed by atoms with Gasteiger partial charge in [-0.2, -0.15) is 0 Å². The third-order valence-corrected chi connectivity index (χ3v) is 5.93. The van der Waals surface area contributed by atoms with Gasteiger partial charge in [0.15, 0.2) is 0 Å². The summed E-state index contributed by atoms with van der Waals surface area (Å²) < 4.78 is 18.8. The predicted octanol–water partition coefficient (Wildman–Crippen LogP) is 4.86. The second-order valence-corrected chi connectivity index (χ2v) is 7.77. The monoisotopic (exact) mass is 385 g/mol. The zero-order valence-corrected chi connectivity index (χ0v) is 16.1. The van der Waals surface area contributed by atoms with Crippen LogP contribution in [0.15, 0.2) is 52.5 Å². The average molecular weight is 386 g/mol. The van der Waals surface area contributed by atoms with Crippen LogP contribution in [-0.4, -0.2) is 29.5 Å². The van der Waals surface area contributed by atoms with Gasteiger partial charge in [-0.1, -0.05) is 6.42 Å². The van der Waals surface area contributed by atoms with Crippen LogP contribution in [-0.2, 0) is 6.54 Å². The summed E-state index contributed by atoms with van der Waals surface area (Å²) in [6, 6.07) is 10.8. The van der Waals surface area contributed by atoms with Crippen LogP contribution in [0.5, 0.6) is 0 Å². The summed E-state index contributed by atoms with van der Waals surface area (Å²) in [6.45, 7) is 3.79. The molecule has 0 radical (unpaired) electrons. The van der Waals surface area contributed by atoms with Crippen LogP contribution in [0.2, 0.25) is 0 Å². The first kappa shape index (κ1) is 18.3. The molecule has 4 nitrogen and oxygen atoms in total. The molecular formula is C21H24FN3OS. The Balaban J connectivity index is 1.37. The molecule has 1 aliphatic rings. The van der Waals surface area contributed by atoms with E-state index in [2.05, 4.69) is 26.6 Å². The lowest BCUT2D eigenvalue weighted by Crippen LogP contribution is -2.38. The fourth-order valence-electron chi connectivity index (χ4n) is 3.57. The number of thiazole rings is 1. The molecule has 3 aromatic rings. The lowest BCUT2D eigenvalue weighted by atomic mass is 10.1. The normalized spacial score (nSPS) is 16.5. The van der Waals surface area contributed by atoms with Crippen LogP contribution >= 0.6 is 11.3 Å². The number of aromatic nitrogens is 1. The minimum atomic E-state index is -0.223. The lowest BCUT2D eigenvalue weighted by molar-refractivity contribution is 0.142. The van der Waals surface area contributed by atoms with Crippen LogP contribution in [0.4, 0.5) is 4.39 Å². The number of benzene rings is 1. The van der Waals surface area contributed by atoms with Crippen molar-refractivity contribution < 1.29 is 8.81 Å². The average Bonchev–Trinajstić information content (AvgIpc) is 3.39. The molecule has 0 bridgehead atoms. The van der Waals surface area contributed by atoms with Crippen LogP contribution in [0.1, 0.15) is 36.8 Å². The van der Waals surface area contributed by atoms with E-state index in [0.29, 0.717) is 6.54 Å². The summed E-state index contributed by atoms with van der Waals surface area (Å²) in [5.74, 6) is 0.800. The van der Waals surface area contributed by atoms with E-state index in [1.807, 2.05) is 6.07 Å². The Bertz CT molecular complexity index is 826. The quantitative estimate of drug-likeness (QED) is 0.631. The fourth-order valence-corrected chi connectivity index (χ4v) is 4.40. The number of hydrogen-bond acceptors (Lipinski definition) is 5. The number of piperidine rings is 1. The zero-order valence-electron chi connectivity index (χ0n) is 15.2. The summed E-state index contributed by atoms with van der Waals surface area (Å²) >= 11 is 1.59. The van der Waals surface area contributed by atoms with Gasteiger partial charge in [0.1, 0.15) is 16.6 Å². The van der Waals surface area contributed by atoms with Crippen molar-refractivity contribution in [3.05, 3.63) is 65.3 Å². The molecule has 1 atom stereocenters. The number of halogens is 1. The Hall–Kier alpha value is -2.02. The maximum absolute atomic E-state index is 13.1. The highest BCUT2D eigenvalue weighted by Crippen LogP contribution is 2.26. The minimum Gasteiger partial charge on any atom is -0.468 e. The molecule has 1 fully saturated rings. The van der Waals surface area contributed by atoms with Crippen molar-refractivity contribution in [3.8, 4) is 10.6 Å². The topological polar surface area (TPSA) is 41.3 Å². The van der Waals surface area contributed by atoms with Crippen molar-refractivity contribution in [2.24, 2.45) is 0 Å². The molecule has 4 rings (SSSR count). The Morgan fingerprint density at radius 3 is 2.70 bits per heavy atom. The van der Waals surface area contributed by atoms with Gasteiger partial charge in [0.2, 0.25) is 0 Å². The number of rotatable bonds is 7. The summed E-state index contributed by atoms with van der Waals surface area (Å²) in [4.78, 5) is 7.19. The Kier molecular flexibility index (Phi) is 5.97. The summed E-state index contributed by atoms with van der Waals surface area (Å²) in [5.41, 5.74) is 1.96. The largest absolute Gasteiger partial charge is 0.468 e. The van der Waals surface area contributed by atoms with Crippen LogP contribution < -0.4 is 5.32 Å². The summed E-state index contributed by atoms with van der Waals surface area (Å²) in [6.07, 6.45) is 5.58. The first-order valence-electron chi connectivity index (χ1n) is 9.48. The van der Waals surface area contributed by atoms with E-state index in [0.717, 1.165) is 41.7 Å². The van der Waals surface area contributed by atoms with E-state index in [-0.39, 0.29) is 11.9 Å². The molecule has 1 aromatic carbocycles. The SMILES string of the molecule is Fc1ccc(-c2nc(CNCC(c3ccco3)N3CCCCC3)cs2)cc1. The summed E-state index contributed by atoms with van der Waals surface area (Å²) in [7, 11) is 0. The number of hydrogen-bond donors (Lipinski definition) is 1. The van der Waals surface area contributed by atoms with Crippen LogP contribution in [0.25, 0.3) is 10.6 Å². The number of furan rings is 1. The molecule has 3 heterocycles. The van der Waals surface area contributed by atoms with Gasteiger partial charge >= 0.3 is 0 Å². The van der Waals surface area contributed by atoms with Gasteiger partial charge in [-0.15, -0.1) is 11.3 Å². The van der Waals surface area contributed by atoms with Crippen molar-refractivity contribution in [3.63, 3.8) is 0 Å². The fraction of sp³-hybridized carbons (Fsp3) is 0.381. The molecule has 1 saturated heterocycles. The second-order valence-electron chi connectivity index (χ2n) is 6.91. The Morgan fingerprint density at radius 2 is 1.96 bits per heavy atom. The maximum atomic E-state index is 13.1. The highest BCUT2D eigenvalue weighted by molar-refractivity contribution is 7.13. The third kappa shape index (κ3) is 4.64. The molecule has 1 unspecified atom stereocenters. The van der Waals surface area contributed by atoms with Crippen molar-refractivity contribution in [2.75, 3.05) is 19.6 Å². The highest BCUT2D eigenvalue weighted by atomic mass is 32.1. The third-order valence-electron chi connectivity index (χ3n) is 4.99. The number of likely N-dealkylation sites (tertiary alicyclic amines) is 1. The molecule has 1 aliphatic heterocycles. The van der Waals surface area contributed by atoms with Crippen molar-refractivity contribution in [2.45, 2.75) is 31.8 Å². The minimum absolute atomic E-state index is 0.223. The van der Waals surface area contributed by atoms with E-state index in [9.17, 15) is 4.39 Å². The molecule has 0 spiro atoms.